The largest absolute Gasteiger partial charge is 0.294 e. The van der Waals surface area contributed by atoms with Crippen LogP contribution in [0.3, 0.4) is 0 Å². The van der Waals surface area contributed by atoms with E-state index in [-0.39, 0.29) is 17.5 Å². The van der Waals surface area contributed by atoms with Crippen LogP contribution in [-0.4, -0.2) is 20.5 Å². The van der Waals surface area contributed by atoms with Gasteiger partial charge in [-0.1, -0.05) is 36.8 Å². The number of fused-ring (bicyclic) bond motifs is 1. The molecular weight excluding hydrogens is 296 g/mol. The highest BCUT2D eigenvalue weighted by Gasteiger charge is 2.57. The number of hydrogen-bond donors (Lipinski definition) is 0. The lowest BCUT2D eigenvalue weighted by Gasteiger charge is -2.43. The number of ketones is 2. The minimum Gasteiger partial charge on any atom is -0.294 e. The van der Waals surface area contributed by atoms with Crippen molar-refractivity contribution in [2.75, 3.05) is 0 Å². The standard InChI is InChI=1S/C18H18O3S/c1-12-6-8-14(9-7-12)22(21)18-13(2)4-3-5-15(18)16(19)10-11-17(18)20/h3-4,6-11,13,15H,5H2,1-2H3/t13-,15-,18+,22-/m0/s1. The highest BCUT2D eigenvalue weighted by atomic mass is 32.2. The second-order valence-electron chi connectivity index (χ2n) is 5.98. The summed E-state index contributed by atoms with van der Waals surface area (Å²) in [4.78, 5) is 25.6. The average molecular weight is 314 g/mol. The minimum absolute atomic E-state index is 0.101. The zero-order valence-electron chi connectivity index (χ0n) is 12.6. The predicted octanol–water partition coefficient (Wildman–Crippen LogP) is 2.76. The molecule has 4 atom stereocenters. The lowest BCUT2D eigenvalue weighted by molar-refractivity contribution is -0.128. The summed E-state index contributed by atoms with van der Waals surface area (Å²) in [5, 5.41) is 0. The van der Waals surface area contributed by atoms with E-state index in [0.29, 0.717) is 11.3 Å². The molecule has 0 aliphatic heterocycles. The van der Waals surface area contributed by atoms with Crippen LogP contribution in [0.1, 0.15) is 18.9 Å². The predicted molar refractivity (Wildman–Crippen MR) is 85.9 cm³/mol. The zero-order chi connectivity index (χ0) is 15.9. The Morgan fingerprint density at radius 1 is 1.14 bits per heavy atom. The van der Waals surface area contributed by atoms with Gasteiger partial charge in [0.15, 0.2) is 11.6 Å². The van der Waals surface area contributed by atoms with E-state index in [4.69, 9.17) is 0 Å². The van der Waals surface area contributed by atoms with Crippen molar-refractivity contribution in [3.8, 4) is 0 Å². The van der Waals surface area contributed by atoms with E-state index in [0.717, 1.165) is 5.56 Å². The van der Waals surface area contributed by atoms with Crippen LogP contribution in [0.5, 0.6) is 0 Å². The molecule has 3 nitrogen and oxygen atoms in total. The van der Waals surface area contributed by atoms with Crippen molar-refractivity contribution in [2.45, 2.75) is 29.9 Å². The van der Waals surface area contributed by atoms with E-state index >= 15 is 0 Å². The summed E-state index contributed by atoms with van der Waals surface area (Å²) >= 11 is 0. The Bertz CT molecular complexity index is 714. The van der Waals surface area contributed by atoms with E-state index in [2.05, 4.69) is 0 Å². The molecule has 0 amide bonds. The van der Waals surface area contributed by atoms with Crippen LogP contribution in [0.15, 0.2) is 53.5 Å². The first kappa shape index (κ1) is 15.1. The first-order chi connectivity index (χ1) is 10.5. The van der Waals surface area contributed by atoms with E-state index in [1.54, 1.807) is 12.1 Å². The van der Waals surface area contributed by atoms with Gasteiger partial charge in [-0.3, -0.25) is 13.8 Å². The molecule has 0 radical (unpaired) electrons. The molecule has 2 aliphatic carbocycles. The molecule has 1 aromatic rings. The molecule has 0 unspecified atom stereocenters. The molecule has 0 aromatic heterocycles. The average Bonchev–Trinajstić information content (AvgIpc) is 2.51. The number of aryl methyl sites for hydroxylation is 1. The molecule has 0 fully saturated rings. The summed E-state index contributed by atoms with van der Waals surface area (Å²) in [5.41, 5.74) is 1.07. The summed E-state index contributed by atoms with van der Waals surface area (Å²) in [6, 6.07) is 7.34. The monoisotopic (exact) mass is 314 g/mol. The third kappa shape index (κ3) is 2.05. The lowest BCUT2D eigenvalue weighted by Crippen LogP contribution is -2.58. The van der Waals surface area contributed by atoms with Gasteiger partial charge in [-0.15, -0.1) is 0 Å². The summed E-state index contributed by atoms with van der Waals surface area (Å²) in [5.74, 6) is -1.08. The van der Waals surface area contributed by atoms with Crippen LogP contribution in [0.4, 0.5) is 0 Å². The van der Waals surface area contributed by atoms with Crippen LogP contribution >= 0.6 is 0 Å². The fraction of sp³-hybridized carbons (Fsp3) is 0.333. The maximum atomic E-state index is 13.3. The summed E-state index contributed by atoms with van der Waals surface area (Å²) in [6.45, 7) is 3.83. The van der Waals surface area contributed by atoms with Crippen LogP contribution < -0.4 is 0 Å². The summed E-state index contributed by atoms with van der Waals surface area (Å²) in [7, 11) is -1.57. The zero-order valence-corrected chi connectivity index (χ0v) is 13.4. The maximum absolute atomic E-state index is 13.3. The van der Waals surface area contributed by atoms with Gasteiger partial charge in [-0.05, 0) is 43.5 Å². The Hall–Kier alpha value is -1.81. The molecule has 0 saturated heterocycles. The molecule has 4 heteroatoms. The number of carbonyl (C=O) groups excluding carboxylic acids is 2. The maximum Gasteiger partial charge on any atom is 0.176 e. The molecule has 0 heterocycles. The number of allylic oxidation sites excluding steroid dienone is 4. The summed E-state index contributed by atoms with van der Waals surface area (Å²) in [6.07, 6.45) is 6.94. The quantitative estimate of drug-likeness (QED) is 0.789. The van der Waals surface area contributed by atoms with Crippen molar-refractivity contribution in [3.05, 3.63) is 54.1 Å². The van der Waals surface area contributed by atoms with Crippen molar-refractivity contribution >= 4 is 22.4 Å². The van der Waals surface area contributed by atoms with E-state index < -0.39 is 21.5 Å². The topological polar surface area (TPSA) is 51.2 Å². The Morgan fingerprint density at radius 2 is 1.82 bits per heavy atom. The molecule has 3 rings (SSSR count). The molecule has 114 valence electrons. The van der Waals surface area contributed by atoms with Gasteiger partial charge in [0.2, 0.25) is 0 Å². The van der Waals surface area contributed by atoms with Gasteiger partial charge in [0, 0.05) is 4.90 Å². The van der Waals surface area contributed by atoms with Gasteiger partial charge < -0.3 is 0 Å². The van der Waals surface area contributed by atoms with Gasteiger partial charge in [-0.2, -0.15) is 0 Å². The van der Waals surface area contributed by atoms with Crippen LogP contribution in [-0.2, 0) is 20.4 Å². The third-order valence-corrected chi connectivity index (χ3v) is 6.83. The van der Waals surface area contributed by atoms with Crippen molar-refractivity contribution in [2.24, 2.45) is 11.8 Å². The van der Waals surface area contributed by atoms with Crippen molar-refractivity contribution < 1.29 is 13.8 Å². The Kier molecular flexibility index (Phi) is 3.73. The van der Waals surface area contributed by atoms with E-state index in [1.165, 1.54) is 12.2 Å². The second-order valence-corrected chi connectivity index (χ2v) is 7.66. The van der Waals surface area contributed by atoms with Crippen molar-refractivity contribution in [1.82, 2.24) is 0 Å². The van der Waals surface area contributed by atoms with Crippen LogP contribution in [0.25, 0.3) is 0 Å². The van der Waals surface area contributed by atoms with Gasteiger partial charge >= 0.3 is 0 Å². The van der Waals surface area contributed by atoms with Crippen molar-refractivity contribution in [1.29, 1.82) is 0 Å². The smallest absolute Gasteiger partial charge is 0.176 e. The van der Waals surface area contributed by atoms with Gasteiger partial charge in [0.1, 0.15) is 4.75 Å². The SMILES string of the molecule is Cc1ccc([S@](=O)[C@@]23C(=O)C=CC(=O)[C@@H]2CC=C[C@@H]3C)cc1. The van der Waals surface area contributed by atoms with Crippen LogP contribution in [0.2, 0.25) is 0 Å². The minimum atomic E-state index is -1.57. The molecule has 0 spiro atoms. The Morgan fingerprint density at radius 3 is 2.50 bits per heavy atom. The fourth-order valence-corrected chi connectivity index (χ4v) is 5.34. The Labute approximate surface area is 132 Å². The second kappa shape index (κ2) is 5.43. The van der Waals surface area contributed by atoms with Crippen LogP contribution in [0, 0.1) is 18.8 Å². The molecule has 0 saturated carbocycles. The van der Waals surface area contributed by atoms with Gasteiger partial charge in [-0.25, -0.2) is 0 Å². The lowest BCUT2D eigenvalue weighted by atomic mass is 9.69. The van der Waals surface area contributed by atoms with Gasteiger partial charge in [0.05, 0.1) is 16.7 Å². The normalized spacial score (nSPS) is 31.9. The third-order valence-electron chi connectivity index (χ3n) is 4.66. The number of hydrogen-bond acceptors (Lipinski definition) is 3. The molecule has 0 bridgehead atoms. The van der Waals surface area contributed by atoms with Crippen molar-refractivity contribution in [3.63, 3.8) is 0 Å². The summed E-state index contributed by atoms with van der Waals surface area (Å²) < 4.78 is 12.1. The van der Waals surface area contributed by atoms with E-state index in [1.807, 2.05) is 38.1 Å². The number of benzene rings is 1. The highest BCUT2D eigenvalue weighted by Crippen LogP contribution is 2.45. The number of rotatable bonds is 2. The molecule has 2 aliphatic rings. The first-order valence-corrected chi connectivity index (χ1v) is 8.54. The Balaban J connectivity index is 2.17. The van der Waals surface area contributed by atoms with E-state index in [9.17, 15) is 13.8 Å². The molecule has 0 N–H and O–H groups in total. The highest BCUT2D eigenvalue weighted by molar-refractivity contribution is 7.87. The molecule has 1 aromatic carbocycles. The molecule has 22 heavy (non-hydrogen) atoms. The first-order valence-electron chi connectivity index (χ1n) is 7.39. The number of carbonyl (C=O) groups is 2. The molecular formula is C18H18O3S. The van der Waals surface area contributed by atoms with Gasteiger partial charge in [0.25, 0.3) is 0 Å². The fourth-order valence-electron chi connectivity index (χ4n) is 3.43.